The Morgan fingerprint density at radius 2 is 1.14 bits per heavy atom. The minimum atomic E-state index is 0.624. The molecule has 0 aliphatic rings. The lowest BCUT2D eigenvalue weighted by molar-refractivity contribution is 0.334. The Labute approximate surface area is 80.9 Å². The second kappa shape index (κ2) is 3.53. The van der Waals surface area contributed by atoms with E-state index in [0.717, 1.165) is 10.8 Å². The molecule has 0 saturated carbocycles. The van der Waals surface area contributed by atoms with E-state index < -0.39 is 0 Å². The molecule has 72 valence electrons. The first-order valence-electron chi connectivity index (χ1n) is 4.11. The van der Waals surface area contributed by atoms with Crippen LogP contribution in [-0.2, 0) is 0 Å². The highest BCUT2D eigenvalue weighted by atomic mass is 16.6. The molecule has 0 radical (unpaired) electrons. The van der Waals surface area contributed by atoms with Crippen LogP contribution < -0.4 is 21.5 Å². The van der Waals surface area contributed by atoms with Gasteiger partial charge in [0.15, 0.2) is 0 Å². The maximum Gasteiger partial charge on any atom is 0.147 e. The van der Waals surface area contributed by atoms with Crippen molar-refractivity contribution in [2.75, 3.05) is 0 Å². The number of hydrogen-bond acceptors (Lipinski definition) is 4. The third-order valence-corrected chi connectivity index (χ3v) is 2.06. The lowest BCUT2D eigenvalue weighted by atomic mass is 10.1. The number of benzene rings is 2. The van der Waals surface area contributed by atoms with Gasteiger partial charge in [0.05, 0.1) is 0 Å². The molecule has 2 rings (SSSR count). The summed E-state index contributed by atoms with van der Waals surface area (Å²) in [7, 11) is 0. The Morgan fingerprint density at radius 1 is 0.714 bits per heavy atom. The lowest BCUT2D eigenvalue weighted by Crippen LogP contribution is -2.02. The second-order valence-corrected chi connectivity index (χ2v) is 2.91. The molecule has 0 bridgehead atoms. The van der Waals surface area contributed by atoms with Gasteiger partial charge in [-0.05, 0) is 35.0 Å². The molecule has 0 atom stereocenters. The first-order valence-corrected chi connectivity index (χ1v) is 4.11. The van der Waals surface area contributed by atoms with Gasteiger partial charge in [0.1, 0.15) is 11.5 Å². The Balaban J connectivity index is 2.57. The second-order valence-electron chi connectivity index (χ2n) is 2.91. The van der Waals surface area contributed by atoms with Gasteiger partial charge in [0.2, 0.25) is 0 Å². The first-order chi connectivity index (χ1) is 6.83. The van der Waals surface area contributed by atoms with Crippen molar-refractivity contribution >= 4 is 10.8 Å². The molecule has 0 fully saturated rings. The standard InChI is InChI=1S/C10H10N2O2/c11-13-9-3-1-7-5-10(14-12)4-2-8(7)6-9/h1-6H,11-12H2. The van der Waals surface area contributed by atoms with Gasteiger partial charge >= 0.3 is 0 Å². The van der Waals surface area contributed by atoms with Crippen LogP contribution in [0.15, 0.2) is 36.4 Å². The van der Waals surface area contributed by atoms with Gasteiger partial charge < -0.3 is 9.68 Å². The van der Waals surface area contributed by atoms with E-state index in [0.29, 0.717) is 11.5 Å². The Morgan fingerprint density at radius 3 is 1.50 bits per heavy atom. The van der Waals surface area contributed by atoms with Crippen LogP contribution in [0.5, 0.6) is 11.5 Å². The van der Waals surface area contributed by atoms with Crippen LogP contribution in [0.4, 0.5) is 0 Å². The van der Waals surface area contributed by atoms with Crippen LogP contribution in [0.3, 0.4) is 0 Å². The van der Waals surface area contributed by atoms with E-state index >= 15 is 0 Å². The zero-order chi connectivity index (χ0) is 9.97. The average Bonchev–Trinajstić information content (AvgIpc) is 2.27. The molecule has 0 aliphatic heterocycles. The van der Waals surface area contributed by atoms with E-state index in [4.69, 9.17) is 11.8 Å². The van der Waals surface area contributed by atoms with Gasteiger partial charge in [-0.2, -0.15) is 11.8 Å². The summed E-state index contributed by atoms with van der Waals surface area (Å²) in [6.45, 7) is 0. The van der Waals surface area contributed by atoms with Crippen molar-refractivity contribution in [1.29, 1.82) is 0 Å². The summed E-state index contributed by atoms with van der Waals surface area (Å²) in [4.78, 5) is 9.25. The van der Waals surface area contributed by atoms with E-state index in [1.54, 1.807) is 12.1 Å². The van der Waals surface area contributed by atoms with Crippen molar-refractivity contribution in [2.45, 2.75) is 0 Å². The van der Waals surface area contributed by atoms with Gasteiger partial charge in [-0.3, -0.25) is 0 Å². The van der Waals surface area contributed by atoms with Crippen molar-refractivity contribution < 1.29 is 9.68 Å². The lowest BCUT2D eigenvalue weighted by Gasteiger charge is -2.03. The van der Waals surface area contributed by atoms with E-state index in [9.17, 15) is 0 Å². The largest absolute Gasteiger partial charge is 0.412 e. The van der Waals surface area contributed by atoms with Crippen LogP contribution in [0.25, 0.3) is 10.8 Å². The molecule has 0 aliphatic carbocycles. The van der Waals surface area contributed by atoms with E-state index in [1.165, 1.54) is 0 Å². The predicted molar refractivity (Wildman–Crippen MR) is 53.6 cm³/mol. The maximum absolute atomic E-state index is 5.05. The topological polar surface area (TPSA) is 70.5 Å². The molecule has 0 amide bonds. The summed E-state index contributed by atoms with van der Waals surface area (Å²) < 4.78 is 0. The normalized spacial score (nSPS) is 10.1. The smallest absolute Gasteiger partial charge is 0.147 e. The monoisotopic (exact) mass is 190 g/mol. The van der Waals surface area contributed by atoms with Crippen LogP contribution >= 0.6 is 0 Å². The fourth-order valence-corrected chi connectivity index (χ4v) is 1.35. The van der Waals surface area contributed by atoms with Crippen molar-refractivity contribution in [3.63, 3.8) is 0 Å². The van der Waals surface area contributed by atoms with Gasteiger partial charge in [-0.1, -0.05) is 12.1 Å². The predicted octanol–water partition coefficient (Wildman–Crippen LogP) is 1.34. The summed E-state index contributed by atoms with van der Waals surface area (Å²) in [6.07, 6.45) is 0. The van der Waals surface area contributed by atoms with Gasteiger partial charge in [0, 0.05) is 0 Å². The fourth-order valence-electron chi connectivity index (χ4n) is 1.35. The molecule has 0 saturated heterocycles. The molecule has 0 aromatic heterocycles. The van der Waals surface area contributed by atoms with E-state index in [-0.39, 0.29) is 0 Å². The summed E-state index contributed by atoms with van der Waals surface area (Å²) in [5.74, 6) is 11.4. The molecule has 2 aromatic carbocycles. The van der Waals surface area contributed by atoms with Crippen molar-refractivity contribution in [3.05, 3.63) is 36.4 Å². The minimum Gasteiger partial charge on any atom is -0.412 e. The quantitative estimate of drug-likeness (QED) is 0.701. The van der Waals surface area contributed by atoms with Crippen molar-refractivity contribution in [1.82, 2.24) is 0 Å². The van der Waals surface area contributed by atoms with Crippen molar-refractivity contribution in [3.8, 4) is 11.5 Å². The van der Waals surface area contributed by atoms with E-state index in [1.807, 2.05) is 24.3 Å². The minimum absolute atomic E-state index is 0.624. The Kier molecular flexibility index (Phi) is 2.22. The van der Waals surface area contributed by atoms with Crippen molar-refractivity contribution in [2.24, 2.45) is 11.8 Å². The van der Waals surface area contributed by atoms with E-state index in [2.05, 4.69) is 9.68 Å². The number of nitrogens with two attached hydrogens (primary N) is 2. The summed E-state index contributed by atoms with van der Waals surface area (Å²) in [5.41, 5.74) is 0. The summed E-state index contributed by atoms with van der Waals surface area (Å²) >= 11 is 0. The zero-order valence-corrected chi connectivity index (χ0v) is 7.44. The first kappa shape index (κ1) is 8.80. The van der Waals surface area contributed by atoms with Gasteiger partial charge in [-0.15, -0.1) is 0 Å². The SMILES string of the molecule is NOc1ccc2cc(ON)ccc2c1. The highest BCUT2D eigenvalue weighted by Gasteiger charge is 1.98. The molecule has 14 heavy (non-hydrogen) atoms. The van der Waals surface area contributed by atoms with Gasteiger partial charge in [-0.25, -0.2) is 0 Å². The molecule has 4 nitrogen and oxygen atoms in total. The molecular formula is C10H10N2O2. The summed E-state index contributed by atoms with van der Waals surface area (Å²) in [6, 6.07) is 11.0. The number of fused-ring (bicyclic) bond motifs is 1. The van der Waals surface area contributed by atoms with Crippen LogP contribution in [0, 0.1) is 0 Å². The van der Waals surface area contributed by atoms with Gasteiger partial charge in [0.25, 0.3) is 0 Å². The zero-order valence-electron chi connectivity index (χ0n) is 7.44. The third-order valence-electron chi connectivity index (χ3n) is 2.06. The third kappa shape index (κ3) is 1.48. The molecule has 2 aromatic rings. The van der Waals surface area contributed by atoms with Crippen LogP contribution in [0.2, 0.25) is 0 Å². The molecule has 0 spiro atoms. The summed E-state index contributed by atoms with van der Waals surface area (Å²) in [5, 5.41) is 2.04. The molecule has 4 N–H and O–H groups in total. The molecule has 0 heterocycles. The average molecular weight is 190 g/mol. The molecule has 0 unspecified atom stereocenters. The van der Waals surface area contributed by atoms with Crippen LogP contribution in [-0.4, -0.2) is 0 Å². The Hall–Kier alpha value is -1.78. The number of rotatable bonds is 2. The maximum atomic E-state index is 5.05. The molecular weight excluding hydrogens is 180 g/mol. The van der Waals surface area contributed by atoms with Crippen LogP contribution in [0.1, 0.15) is 0 Å². The highest BCUT2D eigenvalue weighted by Crippen LogP contribution is 2.23. The highest BCUT2D eigenvalue weighted by molar-refractivity contribution is 5.85. The molecule has 4 heteroatoms. The fraction of sp³-hybridized carbons (Fsp3) is 0. The Bertz CT molecular complexity index is 414. The number of hydrogen-bond donors (Lipinski definition) is 2.